The predicted octanol–water partition coefficient (Wildman–Crippen LogP) is 0.950. The average molecular weight is 181 g/mol. The van der Waals surface area contributed by atoms with Gasteiger partial charge < -0.3 is 9.88 Å². The van der Waals surface area contributed by atoms with Crippen molar-refractivity contribution in [3.05, 3.63) is 18.2 Å². The molecule has 1 amide bonds. The summed E-state index contributed by atoms with van der Waals surface area (Å²) in [5, 5.41) is 2.80. The average Bonchev–Trinajstić information content (AvgIpc) is 2.52. The fourth-order valence-electron chi connectivity index (χ4n) is 1.04. The van der Waals surface area contributed by atoms with E-state index < -0.39 is 0 Å². The predicted molar refractivity (Wildman–Crippen MR) is 50.4 cm³/mol. The number of hydrogen-bond donors (Lipinski definition) is 1. The first-order valence-corrected chi connectivity index (χ1v) is 4.51. The van der Waals surface area contributed by atoms with E-state index in [0.717, 1.165) is 19.4 Å². The van der Waals surface area contributed by atoms with Gasteiger partial charge in [0, 0.05) is 26.0 Å². The number of aromatic nitrogens is 2. The molecule has 1 rings (SSSR count). The standard InChI is InChI=1S/C9H15N3O/c1-3-4-5-11-9(13)8-10-6-7-12(8)2/h6-7H,3-5H2,1-2H3,(H,11,13). The number of carbonyl (C=O) groups is 1. The van der Waals surface area contributed by atoms with Gasteiger partial charge in [-0.15, -0.1) is 0 Å². The summed E-state index contributed by atoms with van der Waals surface area (Å²) in [7, 11) is 1.81. The van der Waals surface area contributed by atoms with Crippen molar-refractivity contribution < 1.29 is 4.79 Å². The Morgan fingerprint density at radius 3 is 3.00 bits per heavy atom. The smallest absolute Gasteiger partial charge is 0.287 e. The van der Waals surface area contributed by atoms with E-state index in [1.165, 1.54) is 0 Å². The minimum absolute atomic E-state index is 0.0963. The third kappa shape index (κ3) is 2.57. The van der Waals surface area contributed by atoms with Gasteiger partial charge in [-0.2, -0.15) is 0 Å². The number of amides is 1. The molecule has 0 radical (unpaired) electrons. The number of imidazole rings is 1. The zero-order valence-corrected chi connectivity index (χ0v) is 8.08. The van der Waals surface area contributed by atoms with Crippen molar-refractivity contribution >= 4 is 5.91 Å². The topological polar surface area (TPSA) is 46.9 Å². The molecule has 0 fully saturated rings. The highest BCUT2D eigenvalue weighted by molar-refractivity contribution is 5.90. The molecule has 1 N–H and O–H groups in total. The Balaban J connectivity index is 2.45. The lowest BCUT2D eigenvalue weighted by Gasteiger charge is -2.03. The van der Waals surface area contributed by atoms with Crippen LogP contribution in [0.15, 0.2) is 12.4 Å². The van der Waals surface area contributed by atoms with Crippen LogP contribution >= 0.6 is 0 Å². The molecule has 0 aliphatic heterocycles. The number of nitrogens with zero attached hydrogens (tertiary/aromatic N) is 2. The van der Waals surface area contributed by atoms with E-state index in [1.807, 2.05) is 7.05 Å². The van der Waals surface area contributed by atoms with Gasteiger partial charge in [0.2, 0.25) is 0 Å². The van der Waals surface area contributed by atoms with E-state index in [1.54, 1.807) is 17.0 Å². The van der Waals surface area contributed by atoms with Crippen LogP contribution in [-0.2, 0) is 7.05 Å². The molecule has 1 heterocycles. The van der Waals surface area contributed by atoms with Crippen LogP contribution in [0.5, 0.6) is 0 Å². The summed E-state index contributed by atoms with van der Waals surface area (Å²) in [6.45, 7) is 2.81. The summed E-state index contributed by atoms with van der Waals surface area (Å²) < 4.78 is 1.71. The van der Waals surface area contributed by atoms with Gasteiger partial charge in [0.05, 0.1) is 0 Å². The molecule has 0 bridgehead atoms. The molecule has 0 saturated heterocycles. The lowest BCUT2D eigenvalue weighted by Crippen LogP contribution is -2.26. The van der Waals surface area contributed by atoms with Gasteiger partial charge in [-0.25, -0.2) is 4.98 Å². The first kappa shape index (κ1) is 9.77. The molecule has 72 valence electrons. The van der Waals surface area contributed by atoms with Gasteiger partial charge in [-0.3, -0.25) is 4.79 Å². The van der Waals surface area contributed by atoms with Crippen LogP contribution in [0.3, 0.4) is 0 Å². The van der Waals surface area contributed by atoms with E-state index in [-0.39, 0.29) is 5.91 Å². The van der Waals surface area contributed by atoms with E-state index in [4.69, 9.17) is 0 Å². The molecular weight excluding hydrogens is 166 g/mol. The van der Waals surface area contributed by atoms with Crippen LogP contribution in [-0.4, -0.2) is 22.0 Å². The largest absolute Gasteiger partial charge is 0.349 e. The summed E-state index contributed by atoms with van der Waals surface area (Å²) >= 11 is 0. The van der Waals surface area contributed by atoms with Gasteiger partial charge >= 0.3 is 0 Å². The van der Waals surface area contributed by atoms with E-state index in [2.05, 4.69) is 17.2 Å². The Kier molecular flexibility index (Phi) is 3.49. The van der Waals surface area contributed by atoms with Crippen molar-refractivity contribution in [2.24, 2.45) is 7.05 Å². The van der Waals surface area contributed by atoms with Crippen molar-refractivity contribution in [3.63, 3.8) is 0 Å². The molecule has 1 aromatic rings. The Labute approximate surface area is 78.0 Å². The highest BCUT2D eigenvalue weighted by Gasteiger charge is 2.08. The zero-order chi connectivity index (χ0) is 9.68. The molecule has 0 aliphatic rings. The fourth-order valence-corrected chi connectivity index (χ4v) is 1.04. The quantitative estimate of drug-likeness (QED) is 0.703. The molecule has 1 aromatic heterocycles. The van der Waals surface area contributed by atoms with Gasteiger partial charge in [-0.1, -0.05) is 13.3 Å². The highest BCUT2D eigenvalue weighted by atomic mass is 16.2. The molecule has 13 heavy (non-hydrogen) atoms. The van der Waals surface area contributed by atoms with Crippen LogP contribution in [0, 0.1) is 0 Å². The molecule has 0 aliphatic carbocycles. The fraction of sp³-hybridized carbons (Fsp3) is 0.556. The molecule has 4 nitrogen and oxygen atoms in total. The maximum Gasteiger partial charge on any atom is 0.287 e. The summed E-state index contributed by atoms with van der Waals surface area (Å²) in [5.74, 6) is 0.372. The second-order valence-corrected chi connectivity index (χ2v) is 2.97. The number of rotatable bonds is 4. The van der Waals surface area contributed by atoms with Crippen molar-refractivity contribution in [3.8, 4) is 0 Å². The SMILES string of the molecule is CCCCNC(=O)c1nccn1C. The Morgan fingerprint density at radius 1 is 1.69 bits per heavy atom. The summed E-state index contributed by atoms with van der Waals surface area (Å²) in [6.07, 6.45) is 5.47. The van der Waals surface area contributed by atoms with Crippen LogP contribution < -0.4 is 5.32 Å². The Morgan fingerprint density at radius 2 is 2.46 bits per heavy atom. The second-order valence-electron chi connectivity index (χ2n) is 2.97. The van der Waals surface area contributed by atoms with Crippen LogP contribution in [0.25, 0.3) is 0 Å². The minimum atomic E-state index is -0.0963. The first-order valence-electron chi connectivity index (χ1n) is 4.51. The monoisotopic (exact) mass is 181 g/mol. The number of aryl methyl sites for hydroxylation is 1. The molecular formula is C9H15N3O. The molecule has 4 heteroatoms. The molecule has 0 saturated carbocycles. The molecule has 0 atom stereocenters. The third-order valence-electron chi connectivity index (χ3n) is 1.84. The van der Waals surface area contributed by atoms with Crippen molar-refractivity contribution in [2.45, 2.75) is 19.8 Å². The van der Waals surface area contributed by atoms with Gasteiger partial charge in [0.1, 0.15) is 0 Å². The number of unbranched alkanes of at least 4 members (excludes halogenated alkanes) is 1. The van der Waals surface area contributed by atoms with E-state index in [9.17, 15) is 4.79 Å². The number of hydrogen-bond acceptors (Lipinski definition) is 2. The number of carbonyl (C=O) groups excluding carboxylic acids is 1. The van der Waals surface area contributed by atoms with Crippen LogP contribution in [0.2, 0.25) is 0 Å². The summed E-state index contributed by atoms with van der Waals surface area (Å²) in [5.41, 5.74) is 0. The second kappa shape index (κ2) is 4.64. The maximum absolute atomic E-state index is 11.4. The minimum Gasteiger partial charge on any atom is -0.349 e. The molecule has 0 spiro atoms. The third-order valence-corrected chi connectivity index (χ3v) is 1.84. The Bertz CT molecular complexity index is 280. The van der Waals surface area contributed by atoms with Crippen molar-refractivity contribution in [2.75, 3.05) is 6.54 Å². The number of nitrogens with one attached hydrogen (secondary N) is 1. The maximum atomic E-state index is 11.4. The highest BCUT2D eigenvalue weighted by Crippen LogP contribution is 1.93. The summed E-state index contributed by atoms with van der Waals surface area (Å²) in [4.78, 5) is 15.4. The first-order chi connectivity index (χ1) is 6.25. The lowest BCUT2D eigenvalue weighted by atomic mass is 10.3. The Hall–Kier alpha value is -1.32. The van der Waals surface area contributed by atoms with Gasteiger partial charge in [0.25, 0.3) is 5.91 Å². The van der Waals surface area contributed by atoms with Gasteiger partial charge in [0.15, 0.2) is 5.82 Å². The van der Waals surface area contributed by atoms with Crippen LogP contribution in [0.1, 0.15) is 30.4 Å². The normalized spacial score (nSPS) is 10.0. The summed E-state index contributed by atoms with van der Waals surface area (Å²) in [6, 6.07) is 0. The molecule has 0 aromatic carbocycles. The van der Waals surface area contributed by atoms with Gasteiger partial charge in [-0.05, 0) is 6.42 Å². The van der Waals surface area contributed by atoms with E-state index >= 15 is 0 Å². The van der Waals surface area contributed by atoms with Crippen molar-refractivity contribution in [1.82, 2.24) is 14.9 Å². The van der Waals surface area contributed by atoms with Crippen molar-refractivity contribution in [1.29, 1.82) is 0 Å². The molecule has 0 unspecified atom stereocenters. The zero-order valence-electron chi connectivity index (χ0n) is 8.08. The van der Waals surface area contributed by atoms with Crippen LogP contribution in [0.4, 0.5) is 0 Å². The van der Waals surface area contributed by atoms with E-state index in [0.29, 0.717) is 5.82 Å². The lowest BCUT2D eigenvalue weighted by molar-refractivity contribution is 0.0939.